The first-order chi connectivity index (χ1) is 10.2. The van der Waals surface area contributed by atoms with Gasteiger partial charge in [0.25, 0.3) is 0 Å². The van der Waals surface area contributed by atoms with E-state index < -0.39 is 0 Å². The Morgan fingerprint density at radius 1 is 1.29 bits per heavy atom. The third kappa shape index (κ3) is 2.76. The van der Waals surface area contributed by atoms with Gasteiger partial charge in [0.2, 0.25) is 0 Å². The first-order valence-electron chi connectivity index (χ1n) is 7.22. The van der Waals surface area contributed by atoms with Gasteiger partial charge < -0.3 is 9.47 Å². The van der Waals surface area contributed by atoms with Gasteiger partial charge in [-0.2, -0.15) is 0 Å². The number of fused-ring (bicyclic) bond motifs is 1. The van der Waals surface area contributed by atoms with Gasteiger partial charge in [0.15, 0.2) is 0 Å². The zero-order chi connectivity index (χ0) is 14.8. The number of hydrogen-bond acceptors (Lipinski definition) is 5. The third-order valence-corrected chi connectivity index (χ3v) is 4.05. The topological polar surface area (TPSA) is 66.2 Å². The number of esters is 1. The molecular weight excluding hydrogens is 270 g/mol. The molecule has 1 fully saturated rings. The summed E-state index contributed by atoms with van der Waals surface area (Å²) in [5.74, 6) is -0.313. The zero-order valence-corrected chi connectivity index (χ0v) is 12.3. The highest BCUT2D eigenvalue weighted by atomic mass is 16.6. The van der Waals surface area contributed by atoms with Crippen LogP contribution in [0.5, 0.6) is 0 Å². The maximum Gasteiger partial charge on any atom is 0.338 e. The number of carbonyl (C=O) groups is 1. The molecule has 6 nitrogen and oxygen atoms in total. The van der Waals surface area contributed by atoms with Crippen LogP contribution in [0.2, 0.25) is 0 Å². The molecule has 0 bridgehead atoms. The molecule has 0 unspecified atom stereocenters. The van der Waals surface area contributed by atoms with Crippen LogP contribution in [0, 0.1) is 0 Å². The number of nitrogens with zero attached hydrogens (tertiary/aromatic N) is 3. The molecule has 2 aromatic rings. The summed E-state index contributed by atoms with van der Waals surface area (Å²) in [5.41, 5.74) is 2.10. The van der Waals surface area contributed by atoms with Crippen molar-refractivity contribution < 1.29 is 14.3 Å². The van der Waals surface area contributed by atoms with Crippen LogP contribution in [-0.2, 0) is 16.5 Å². The molecule has 0 amide bonds. The number of benzene rings is 1. The van der Waals surface area contributed by atoms with E-state index in [1.165, 1.54) is 0 Å². The number of methoxy groups -OCH3 is 1. The lowest BCUT2D eigenvalue weighted by Crippen LogP contribution is -2.35. The first kappa shape index (κ1) is 14.0. The van der Waals surface area contributed by atoms with Gasteiger partial charge in [-0.25, -0.2) is 9.48 Å². The van der Waals surface area contributed by atoms with Crippen molar-refractivity contribution in [3.63, 3.8) is 0 Å². The quantitative estimate of drug-likeness (QED) is 0.809. The number of carbonyl (C=O) groups excluding carboxylic acids is 1. The van der Waals surface area contributed by atoms with Crippen LogP contribution < -0.4 is 0 Å². The van der Waals surface area contributed by atoms with Gasteiger partial charge in [-0.05, 0) is 37.5 Å². The fraction of sp³-hybridized carbons (Fsp3) is 0.533. The average molecular weight is 289 g/mol. The maximum atomic E-state index is 12.3. The summed E-state index contributed by atoms with van der Waals surface area (Å²) in [5, 5.41) is 7.93. The minimum atomic E-state index is -0.313. The van der Waals surface area contributed by atoms with Gasteiger partial charge in [-0.3, -0.25) is 0 Å². The van der Waals surface area contributed by atoms with Crippen LogP contribution >= 0.6 is 0 Å². The van der Waals surface area contributed by atoms with Crippen molar-refractivity contribution in [2.24, 2.45) is 7.05 Å². The van der Waals surface area contributed by atoms with E-state index in [-0.39, 0.29) is 18.2 Å². The third-order valence-electron chi connectivity index (χ3n) is 4.05. The minimum Gasteiger partial charge on any atom is -0.456 e. The van der Waals surface area contributed by atoms with E-state index in [9.17, 15) is 4.79 Å². The summed E-state index contributed by atoms with van der Waals surface area (Å²) in [4.78, 5) is 12.3. The lowest BCUT2D eigenvalue weighted by Gasteiger charge is -2.29. The number of hydrogen-bond donors (Lipinski definition) is 0. The Hall–Kier alpha value is -1.95. The molecule has 0 saturated heterocycles. The Kier molecular flexibility index (Phi) is 3.88. The predicted molar refractivity (Wildman–Crippen MR) is 77.0 cm³/mol. The van der Waals surface area contributed by atoms with Crippen molar-refractivity contribution >= 4 is 17.0 Å². The molecule has 3 rings (SSSR count). The van der Waals surface area contributed by atoms with Gasteiger partial charge >= 0.3 is 5.97 Å². The summed E-state index contributed by atoms with van der Waals surface area (Å²) in [7, 11) is 3.47. The van der Waals surface area contributed by atoms with E-state index in [0.717, 1.165) is 36.7 Å². The second-order valence-electron chi connectivity index (χ2n) is 5.42. The highest BCUT2D eigenvalue weighted by Crippen LogP contribution is 2.24. The highest BCUT2D eigenvalue weighted by Gasteiger charge is 2.28. The highest BCUT2D eigenvalue weighted by molar-refractivity contribution is 5.93. The molecule has 1 aliphatic carbocycles. The van der Waals surface area contributed by atoms with E-state index in [1.807, 2.05) is 0 Å². The smallest absolute Gasteiger partial charge is 0.338 e. The van der Waals surface area contributed by atoms with Crippen LogP contribution in [-0.4, -0.2) is 40.3 Å². The van der Waals surface area contributed by atoms with Gasteiger partial charge in [0.1, 0.15) is 11.6 Å². The summed E-state index contributed by atoms with van der Waals surface area (Å²) in [6.07, 6.45) is 3.85. The molecule has 1 aromatic heterocycles. The monoisotopic (exact) mass is 289 g/mol. The minimum absolute atomic E-state index is 0.00445. The Morgan fingerprint density at radius 3 is 2.81 bits per heavy atom. The molecule has 0 spiro atoms. The van der Waals surface area contributed by atoms with Crippen LogP contribution in [0.25, 0.3) is 11.0 Å². The van der Waals surface area contributed by atoms with Crippen molar-refractivity contribution in [3.8, 4) is 0 Å². The molecule has 21 heavy (non-hydrogen) atoms. The van der Waals surface area contributed by atoms with Crippen LogP contribution in [0.15, 0.2) is 18.2 Å². The number of aromatic nitrogens is 3. The van der Waals surface area contributed by atoms with E-state index in [2.05, 4.69) is 10.3 Å². The van der Waals surface area contributed by atoms with E-state index in [0.29, 0.717) is 5.56 Å². The Morgan fingerprint density at radius 2 is 2.05 bits per heavy atom. The normalized spacial score (nSPS) is 22.4. The number of ether oxygens (including phenoxy) is 2. The fourth-order valence-electron chi connectivity index (χ4n) is 2.83. The molecule has 112 valence electrons. The molecule has 1 aromatic carbocycles. The van der Waals surface area contributed by atoms with Crippen molar-refractivity contribution in [1.29, 1.82) is 0 Å². The molecule has 0 aliphatic heterocycles. The molecule has 2 atom stereocenters. The number of rotatable bonds is 3. The maximum absolute atomic E-state index is 12.3. The van der Waals surface area contributed by atoms with E-state index >= 15 is 0 Å². The summed E-state index contributed by atoms with van der Waals surface area (Å²) in [6, 6.07) is 5.28. The van der Waals surface area contributed by atoms with Crippen molar-refractivity contribution in [3.05, 3.63) is 23.8 Å². The van der Waals surface area contributed by atoms with Crippen LogP contribution in [0.4, 0.5) is 0 Å². The van der Waals surface area contributed by atoms with E-state index in [4.69, 9.17) is 9.47 Å². The molecule has 6 heteroatoms. The number of aryl methyl sites for hydroxylation is 1. The fourth-order valence-corrected chi connectivity index (χ4v) is 2.83. The second kappa shape index (κ2) is 5.81. The lowest BCUT2D eigenvalue weighted by atomic mass is 9.94. The second-order valence-corrected chi connectivity index (χ2v) is 5.42. The average Bonchev–Trinajstić information content (AvgIpc) is 2.88. The SMILES string of the molecule is CO[C@@H]1CCCC[C@@H]1OC(=O)c1ccc2nnn(C)c2c1. The first-order valence-corrected chi connectivity index (χ1v) is 7.22. The molecular formula is C15H19N3O3. The summed E-state index contributed by atoms with van der Waals surface area (Å²) < 4.78 is 12.7. The molecule has 1 saturated carbocycles. The van der Waals surface area contributed by atoms with Gasteiger partial charge in [0.05, 0.1) is 17.2 Å². The molecule has 1 heterocycles. The lowest BCUT2D eigenvalue weighted by molar-refractivity contribution is -0.0539. The molecule has 0 N–H and O–H groups in total. The molecule has 0 radical (unpaired) electrons. The van der Waals surface area contributed by atoms with Crippen molar-refractivity contribution in [2.75, 3.05) is 7.11 Å². The van der Waals surface area contributed by atoms with Crippen molar-refractivity contribution in [1.82, 2.24) is 15.0 Å². The summed E-state index contributed by atoms with van der Waals surface area (Å²) >= 11 is 0. The largest absolute Gasteiger partial charge is 0.456 e. The zero-order valence-electron chi connectivity index (χ0n) is 12.3. The van der Waals surface area contributed by atoms with Gasteiger partial charge in [-0.1, -0.05) is 11.6 Å². The Bertz CT molecular complexity index is 653. The van der Waals surface area contributed by atoms with Crippen molar-refractivity contribution in [2.45, 2.75) is 37.9 Å². The molecule has 1 aliphatic rings. The Balaban J connectivity index is 1.78. The summed E-state index contributed by atoms with van der Waals surface area (Å²) in [6.45, 7) is 0. The van der Waals surface area contributed by atoms with Crippen LogP contribution in [0.3, 0.4) is 0 Å². The Labute approximate surface area is 123 Å². The van der Waals surface area contributed by atoms with E-state index in [1.54, 1.807) is 37.0 Å². The standard InChI is InChI=1S/C15H19N3O3/c1-18-12-9-10(7-8-11(12)16-17-18)15(19)21-14-6-4-3-5-13(14)20-2/h7-9,13-14H,3-6H2,1-2H3/t13-,14+/m1/s1. The van der Waals surface area contributed by atoms with Crippen LogP contribution in [0.1, 0.15) is 36.0 Å². The van der Waals surface area contributed by atoms with Gasteiger partial charge in [-0.15, -0.1) is 5.10 Å². The predicted octanol–water partition coefficient (Wildman–Crippen LogP) is 2.08. The van der Waals surface area contributed by atoms with Gasteiger partial charge in [0, 0.05) is 14.2 Å².